The van der Waals surface area contributed by atoms with E-state index in [9.17, 15) is 4.39 Å². The first-order valence-electron chi connectivity index (χ1n) is 4.87. The van der Waals surface area contributed by atoms with Gasteiger partial charge < -0.3 is 4.90 Å². The number of likely N-dealkylation sites (N-methyl/N-ethyl adjacent to an activating group) is 1. The van der Waals surface area contributed by atoms with E-state index in [1.807, 2.05) is 7.05 Å². The molecule has 84 valence electrons. The van der Waals surface area contributed by atoms with Crippen LogP contribution in [-0.4, -0.2) is 30.8 Å². The Kier molecular flexibility index (Phi) is 5.43. The lowest BCUT2D eigenvalue weighted by Crippen LogP contribution is -2.23. The van der Waals surface area contributed by atoms with E-state index >= 15 is 0 Å². The van der Waals surface area contributed by atoms with Gasteiger partial charge >= 0.3 is 0 Å². The molecular formula is C11H15ClFNS. The first kappa shape index (κ1) is 12.8. The molecule has 0 aliphatic heterocycles. The smallest absolute Gasteiger partial charge is 0.126 e. The summed E-state index contributed by atoms with van der Waals surface area (Å²) in [4.78, 5) is 2.12. The molecule has 0 fully saturated rings. The fraction of sp³-hybridized carbons (Fsp3) is 0.455. The Morgan fingerprint density at radius 2 is 2.13 bits per heavy atom. The van der Waals surface area contributed by atoms with Crippen molar-refractivity contribution in [3.63, 3.8) is 0 Å². The molecule has 0 amide bonds. The fourth-order valence-electron chi connectivity index (χ4n) is 1.33. The Hall–Kier alpha value is -0.250. The third-order valence-electron chi connectivity index (χ3n) is 2.25. The minimum absolute atomic E-state index is 0.182. The van der Waals surface area contributed by atoms with Crippen molar-refractivity contribution in [2.24, 2.45) is 0 Å². The number of nitrogens with zero attached hydrogens (tertiary/aromatic N) is 1. The van der Waals surface area contributed by atoms with Crippen molar-refractivity contribution in [3.8, 4) is 0 Å². The molecule has 0 atom stereocenters. The van der Waals surface area contributed by atoms with Crippen LogP contribution in [0.25, 0.3) is 0 Å². The zero-order valence-corrected chi connectivity index (χ0v) is 10.4. The van der Waals surface area contributed by atoms with Crippen LogP contribution in [-0.2, 0) is 6.42 Å². The van der Waals surface area contributed by atoms with Gasteiger partial charge in [-0.25, -0.2) is 4.39 Å². The van der Waals surface area contributed by atoms with Crippen LogP contribution in [0, 0.1) is 5.82 Å². The van der Waals surface area contributed by atoms with E-state index in [0.717, 1.165) is 18.8 Å². The number of thiol groups is 1. The number of hydrogen-bond acceptors (Lipinski definition) is 2. The van der Waals surface area contributed by atoms with Crippen LogP contribution >= 0.6 is 24.2 Å². The largest absolute Gasteiger partial charge is 0.305 e. The van der Waals surface area contributed by atoms with Crippen molar-refractivity contribution in [2.45, 2.75) is 6.42 Å². The summed E-state index contributed by atoms with van der Waals surface area (Å²) in [6.45, 7) is 1.73. The molecule has 0 aliphatic carbocycles. The van der Waals surface area contributed by atoms with Crippen molar-refractivity contribution < 1.29 is 4.39 Å². The van der Waals surface area contributed by atoms with Crippen molar-refractivity contribution in [3.05, 3.63) is 34.6 Å². The van der Waals surface area contributed by atoms with Crippen molar-refractivity contribution in [1.29, 1.82) is 0 Å². The average Bonchev–Trinajstić information content (AvgIpc) is 2.20. The molecule has 0 unspecified atom stereocenters. The highest BCUT2D eigenvalue weighted by molar-refractivity contribution is 7.80. The Morgan fingerprint density at radius 1 is 1.40 bits per heavy atom. The van der Waals surface area contributed by atoms with Gasteiger partial charge in [0.15, 0.2) is 0 Å². The predicted molar refractivity (Wildman–Crippen MR) is 66.5 cm³/mol. The number of rotatable bonds is 5. The summed E-state index contributed by atoms with van der Waals surface area (Å²) < 4.78 is 13.3. The summed E-state index contributed by atoms with van der Waals surface area (Å²) in [7, 11) is 2.00. The molecule has 0 aliphatic rings. The Balaban J connectivity index is 2.53. The van der Waals surface area contributed by atoms with Crippen LogP contribution in [0.3, 0.4) is 0 Å². The molecule has 0 N–H and O–H groups in total. The summed E-state index contributed by atoms with van der Waals surface area (Å²) in [6.07, 6.45) is 0.677. The van der Waals surface area contributed by atoms with Gasteiger partial charge in [-0.05, 0) is 37.2 Å². The molecule has 0 aromatic heterocycles. The van der Waals surface area contributed by atoms with Crippen LogP contribution in [0.5, 0.6) is 0 Å². The standard InChI is InChI=1S/C11H15ClFNS/c1-14(6-7-15)5-4-9-8-10(12)2-3-11(9)13/h2-3,8,15H,4-7H2,1H3. The molecule has 0 radical (unpaired) electrons. The summed E-state index contributed by atoms with van der Waals surface area (Å²) in [5.41, 5.74) is 0.675. The highest BCUT2D eigenvalue weighted by Gasteiger charge is 2.04. The molecular weight excluding hydrogens is 233 g/mol. The molecule has 0 bridgehead atoms. The van der Waals surface area contributed by atoms with E-state index in [0.29, 0.717) is 17.0 Å². The quantitative estimate of drug-likeness (QED) is 0.784. The second-order valence-corrected chi connectivity index (χ2v) is 4.40. The summed E-state index contributed by atoms with van der Waals surface area (Å²) in [5.74, 6) is 0.632. The summed E-state index contributed by atoms with van der Waals surface area (Å²) >= 11 is 9.94. The second kappa shape index (κ2) is 6.36. The molecule has 1 nitrogen and oxygen atoms in total. The molecule has 0 saturated carbocycles. The van der Waals surface area contributed by atoms with Gasteiger partial charge in [-0.3, -0.25) is 0 Å². The second-order valence-electron chi connectivity index (χ2n) is 3.51. The Morgan fingerprint density at radius 3 is 2.80 bits per heavy atom. The highest BCUT2D eigenvalue weighted by atomic mass is 35.5. The Bertz CT molecular complexity index is 319. The molecule has 15 heavy (non-hydrogen) atoms. The van der Waals surface area contributed by atoms with Crippen molar-refractivity contribution in [2.75, 3.05) is 25.9 Å². The number of hydrogen-bond donors (Lipinski definition) is 1. The molecule has 0 saturated heterocycles. The lowest BCUT2D eigenvalue weighted by Gasteiger charge is -2.15. The van der Waals surface area contributed by atoms with Gasteiger partial charge in [0.05, 0.1) is 0 Å². The van der Waals surface area contributed by atoms with E-state index in [1.54, 1.807) is 12.1 Å². The highest BCUT2D eigenvalue weighted by Crippen LogP contribution is 2.15. The van der Waals surface area contributed by atoms with Crippen LogP contribution in [0.15, 0.2) is 18.2 Å². The third-order valence-corrected chi connectivity index (χ3v) is 2.69. The lowest BCUT2D eigenvalue weighted by molar-refractivity contribution is 0.358. The molecule has 0 heterocycles. The molecule has 4 heteroatoms. The van der Waals surface area contributed by atoms with Crippen molar-refractivity contribution >= 4 is 24.2 Å². The number of halogens is 2. The van der Waals surface area contributed by atoms with E-state index in [-0.39, 0.29) is 5.82 Å². The fourth-order valence-corrected chi connectivity index (χ4v) is 1.86. The van der Waals surface area contributed by atoms with Gasteiger partial charge in [-0.1, -0.05) is 11.6 Å². The lowest BCUT2D eigenvalue weighted by atomic mass is 10.1. The minimum Gasteiger partial charge on any atom is -0.305 e. The summed E-state index contributed by atoms with van der Waals surface area (Å²) in [6, 6.07) is 4.67. The van der Waals surface area contributed by atoms with E-state index < -0.39 is 0 Å². The maximum absolute atomic E-state index is 13.3. The normalized spacial score (nSPS) is 11.0. The van der Waals surface area contributed by atoms with Gasteiger partial charge in [0.1, 0.15) is 5.82 Å². The van der Waals surface area contributed by atoms with E-state index in [1.165, 1.54) is 6.07 Å². The van der Waals surface area contributed by atoms with Crippen molar-refractivity contribution in [1.82, 2.24) is 4.90 Å². The van der Waals surface area contributed by atoms with Crippen LogP contribution in [0.4, 0.5) is 4.39 Å². The van der Waals surface area contributed by atoms with Crippen LogP contribution < -0.4 is 0 Å². The summed E-state index contributed by atoms with van der Waals surface area (Å²) in [5, 5.41) is 0.586. The van der Waals surface area contributed by atoms with Gasteiger partial charge in [0, 0.05) is 23.9 Å². The van der Waals surface area contributed by atoms with E-state index in [4.69, 9.17) is 11.6 Å². The molecule has 1 aromatic carbocycles. The first-order chi connectivity index (χ1) is 7.13. The Labute approximate surface area is 101 Å². The minimum atomic E-state index is -0.182. The third kappa shape index (κ3) is 4.41. The first-order valence-corrected chi connectivity index (χ1v) is 5.88. The predicted octanol–water partition coefficient (Wildman–Crippen LogP) is 2.88. The zero-order chi connectivity index (χ0) is 11.3. The SMILES string of the molecule is CN(CCS)CCc1cc(Cl)ccc1F. The van der Waals surface area contributed by atoms with Crippen LogP contribution in [0.1, 0.15) is 5.56 Å². The van der Waals surface area contributed by atoms with Crippen LogP contribution in [0.2, 0.25) is 5.02 Å². The number of benzene rings is 1. The monoisotopic (exact) mass is 247 g/mol. The van der Waals surface area contributed by atoms with Gasteiger partial charge in [0.25, 0.3) is 0 Å². The average molecular weight is 248 g/mol. The maximum Gasteiger partial charge on any atom is 0.126 e. The molecule has 1 rings (SSSR count). The van der Waals surface area contributed by atoms with Gasteiger partial charge in [-0.15, -0.1) is 0 Å². The topological polar surface area (TPSA) is 3.24 Å². The van der Waals surface area contributed by atoms with Gasteiger partial charge in [-0.2, -0.15) is 12.6 Å². The zero-order valence-electron chi connectivity index (χ0n) is 8.71. The van der Waals surface area contributed by atoms with E-state index in [2.05, 4.69) is 17.5 Å². The van der Waals surface area contributed by atoms with Gasteiger partial charge in [0.2, 0.25) is 0 Å². The maximum atomic E-state index is 13.3. The molecule has 0 spiro atoms. The molecule has 1 aromatic rings.